The van der Waals surface area contributed by atoms with Crippen LogP contribution < -0.4 is 5.43 Å². The van der Waals surface area contributed by atoms with E-state index in [0.717, 1.165) is 29.1 Å². The Morgan fingerprint density at radius 2 is 1.27 bits per heavy atom. The van der Waals surface area contributed by atoms with Gasteiger partial charge in [0.15, 0.2) is 5.43 Å². The summed E-state index contributed by atoms with van der Waals surface area (Å²) in [5, 5.41) is 32.9. The van der Waals surface area contributed by atoms with Gasteiger partial charge in [-0.25, -0.2) is 0 Å². The normalized spacial score (nSPS) is 10.2. The minimum Gasteiger partial charge on any atom is -0.312 e. The molecule has 0 spiro atoms. The molecule has 0 radical (unpaired) electrons. The van der Waals surface area contributed by atoms with Crippen LogP contribution in [0.2, 0.25) is 0 Å². The van der Waals surface area contributed by atoms with Crippen molar-refractivity contribution >= 4 is 17.1 Å². The van der Waals surface area contributed by atoms with Crippen molar-refractivity contribution in [3.8, 4) is 5.69 Å². The maximum Gasteiger partial charge on any atom is 0.307 e. The molecule has 0 N–H and O–H groups in total. The number of nitro groups is 3. The quantitative estimate of drug-likeness (QED) is 0.613. The maximum atomic E-state index is 11.1. The van der Waals surface area contributed by atoms with Gasteiger partial charge in [0.1, 0.15) is 0 Å². The Labute approximate surface area is 120 Å². The predicted molar refractivity (Wildman–Crippen MR) is 72.0 cm³/mol. The van der Waals surface area contributed by atoms with E-state index in [4.69, 9.17) is 0 Å². The van der Waals surface area contributed by atoms with Crippen LogP contribution in [0.1, 0.15) is 0 Å². The molecule has 2 rings (SSSR count). The van der Waals surface area contributed by atoms with Crippen LogP contribution in [0.5, 0.6) is 0 Å². The lowest BCUT2D eigenvalue weighted by atomic mass is 10.2. The van der Waals surface area contributed by atoms with Crippen LogP contribution in [-0.2, 0) is 0 Å². The van der Waals surface area contributed by atoms with Gasteiger partial charge in [0.05, 0.1) is 26.9 Å². The number of nitro benzene ring substituents is 3. The highest BCUT2D eigenvalue weighted by Crippen LogP contribution is 2.36. The second-order valence-electron chi connectivity index (χ2n) is 4.05. The number of hydrogen-bond acceptors (Lipinski definition) is 7. The molecule has 112 valence electrons. The van der Waals surface area contributed by atoms with Crippen LogP contribution in [0, 0.1) is 30.3 Å². The lowest BCUT2D eigenvalue weighted by Gasteiger charge is -2.07. The van der Waals surface area contributed by atoms with E-state index < -0.39 is 42.9 Å². The topological polar surface area (TPSA) is 151 Å². The van der Waals surface area contributed by atoms with Crippen molar-refractivity contribution in [1.82, 2.24) is 4.57 Å². The van der Waals surface area contributed by atoms with Crippen LogP contribution in [0.3, 0.4) is 0 Å². The first-order chi connectivity index (χ1) is 10.3. The standard InChI is InChI=1S/C11H6N4O7/c16-8-1-3-12(4-2-8)11-9(14(19)20)5-7(13(17)18)6-10(11)15(21)22/h1-6H. The minimum atomic E-state index is -0.965. The Bertz CT molecular complexity index is 802. The van der Waals surface area contributed by atoms with Gasteiger partial charge >= 0.3 is 11.4 Å². The zero-order valence-corrected chi connectivity index (χ0v) is 10.6. The van der Waals surface area contributed by atoms with Crippen LogP contribution in [0.15, 0.2) is 41.5 Å². The fourth-order valence-electron chi connectivity index (χ4n) is 1.80. The number of nitrogens with zero attached hydrogens (tertiary/aromatic N) is 4. The van der Waals surface area contributed by atoms with Gasteiger partial charge in [0, 0.05) is 24.5 Å². The Balaban J connectivity index is 2.87. The number of pyridine rings is 1. The SMILES string of the molecule is O=c1ccn(-c2c([N+](=O)[O-])cc([N+](=O)[O-])cc2[N+](=O)[O-])cc1. The molecule has 0 fully saturated rings. The van der Waals surface area contributed by atoms with Crippen LogP contribution in [0.25, 0.3) is 5.69 Å². The Morgan fingerprint density at radius 1 is 0.818 bits per heavy atom. The fourth-order valence-corrected chi connectivity index (χ4v) is 1.80. The van der Waals surface area contributed by atoms with Gasteiger partial charge in [-0.15, -0.1) is 0 Å². The van der Waals surface area contributed by atoms with Crippen molar-refractivity contribution in [1.29, 1.82) is 0 Å². The van der Waals surface area contributed by atoms with Gasteiger partial charge < -0.3 is 4.57 Å². The molecule has 1 aromatic carbocycles. The average Bonchev–Trinajstić information content (AvgIpc) is 2.46. The first-order valence-corrected chi connectivity index (χ1v) is 5.61. The summed E-state index contributed by atoms with van der Waals surface area (Å²) in [4.78, 5) is 41.1. The molecule has 2 aromatic rings. The summed E-state index contributed by atoms with van der Waals surface area (Å²) in [6, 6.07) is 3.35. The van der Waals surface area contributed by atoms with Crippen molar-refractivity contribution in [2.75, 3.05) is 0 Å². The van der Waals surface area contributed by atoms with Crippen LogP contribution in [-0.4, -0.2) is 19.3 Å². The summed E-state index contributed by atoms with van der Waals surface area (Å²) in [6.45, 7) is 0. The molecule has 0 aliphatic heterocycles. The monoisotopic (exact) mass is 306 g/mol. The molecule has 0 amide bonds. The number of rotatable bonds is 4. The molecule has 1 heterocycles. The van der Waals surface area contributed by atoms with E-state index >= 15 is 0 Å². The molecular formula is C11H6N4O7. The van der Waals surface area contributed by atoms with Crippen molar-refractivity contribution in [3.05, 3.63) is 77.2 Å². The Morgan fingerprint density at radius 3 is 1.64 bits per heavy atom. The smallest absolute Gasteiger partial charge is 0.307 e. The summed E-state index contributed by atoms with van der Waals surface area (Å²) in [6.07, 6.45) is 2.20. The molecule has 0 aliphatic rings. The number of non-ortho nitro benzene ring substituents is 1. The lowest BCUT2D eigenvalue weighted by molar-refractivity contribution is -0.402. The molecule has 1 aromatic heterocycles. The highest BCUT2D eigenvalue weighted by Gasteiger charge is 2.31. The van der Waals surface area contributed by atoms with Gasteiger partial charge in [-0.1, -0.05) is 0 Å². The zero-order chi connectivity index (χ0) is 16.4. The molecule has 0 saturated carbocycles. The molecule has 0 saturated heterocycles. The fraction of sp³-hybridized carbons (Fsp3) is 0. The van der Waals surface area contributed by atoms with E-state index in [9.17, 15) is 35.1 Å². The molecule has 0 bridgehead atoms. The van der Waals surface area contributed by atoms with Crippen molar-refractivity contribution in [2.24, 2.45) is 0 Å². The van der Waals surface area contributed by atoms with Crippen molar-refractivity contribution < 1.29 is 14.8 Å². The molecule has 11 nitrogen and oxygen atoms in total. The summed E-state index contributed by atoms with van der Waals surface area (Å²) in [5.74, 6) is 0. The second-order valence-corrected chi connectivity index (χ2v) is 4.05. The summed E-state index contributed by atoms with van der Waals surface area (Å²) >= 11 is 0. The van der Waals surface area contributed by atoms with E-state index in [0.29, 0.717) is 12.1 Å². The lowest BCUT2D eigenvalue weighted by Crippen LogP contribution is -2.08. The van der Waals surface area contributed by atoms with Gasteiger partial charge in [0.25, 0.3) is 5.69 Å². The Hall–Kier alpha value is -3.63. The minimum absolute atomic E-state index is 0.400. The van der Waals surface area contributed by atoms with E-state index in [1.165, 1.54) is 0 Å². The molecule has 11 heteroatoms. The second kappa shape index (κ2) is 5.40. The maximum absolute atomic E-state index is 11.1. The van der Waals surface area contributed by atoms with E-state index in [-0.39, 0.29) is 0 Å². The largest absolute Gasteiger partial charge is 0.312 e. The third kappa shape index (κ3) is 2.63. The first kappa shape index (κ1) is 14.8. The first-order valence-electron chi connectivity index (χ1n) is 5.61. The van der Waals surface area contributed by atoms with Crippen molar-refractivity contribution in [3.63, 3.8) is 0 Å². The molecule has 0 unspecified atom stereocenters. The van der Waals surface area contributed by atoms with Gasteiger partial charge in [-0.3, -0.25) is 35.1 Å². The summed E-state index contributed by atoms with van der Waals surface area (Å²) in [7, 11) is 0. The summed E-state index contributed by atoms with van der Waals surface area (Å²) < 4.78 is 0.987. The molecule has 0 aliphatic carbocycles. The highest BCUT2D eigenvalue weighted by atomic mass is 16.6. The summed E-state index contributed by atoms with van der Waals surface area (Å²) in [5.41, 5.74) is -3.28. The third-order valence-electron chi connectivity index (χ3n) is 2.72. The van der Waals surface area contributed by atoms with E-state index in [2.05, 4.69) is 0 Å². The number of hydrogen-bond donors (Lipinski definition) is 0. The highest BCUT2D eigenvalue weighted by molar-refractivity contribution is 5.69. The van der Waals surface area contributed by atoms with Crippen LogP contribution in [0.4, 0.5) is 17.1 Å². The van der Waals surface area contributed by atoms with Gasteiger partial charge in [-0.2, -0.15) is 0 Å². The van der Waals surface area contributed by atoms with Crippen LogP contribution >= 0.6 is 0 Å². The average molecular weight is 306 g/mol. The zero-order valence-electron chi connectivity index (χ0n) is 10.6. The molecular weight excluding hydrogens is 300 g/mol. The van der Waals surface area contributed by atoms with E-state index in [1.807, 2.05) is 0 Å². The van der Waals surface area contributed by atoms with Gasteiger partial charge in [0.2, 0.25) is 5.69 Å². The van der Waals surface area contributed by atoms with E-state index in [1.54, 1.807) is 0 Å². The third-order valence-corrected chi connectivity index (χ3v) is 2.72. The Kier molecular flexibility index (Phi) is 3.62. The number of benzene rings is 1. The molecule has 22 heavy (non-hydrogen) atoms. The predicted octanol–water partition coefficient (Wildman–Crippen LogP) is 1.56. The number of aromatic nitrogens is 1. The molecule has 0 atom stereocenters. The van der Waals surface area contributed by atoms with Gasteiger partial charge in [-0.05, 0) is 0 Å². The van der Waals surface area contributed by atoms with Crippen molar-refractivity contribution in [2.45, 2.75) is 0 Å².